The average Bonchev–Trinajstić information content (AvgIpc) is 2.91. The standard InChI is InChI=1S/C14H21N3O2S2/c1-12-4-3-7-17(10-12)21(18,19)16-9-14-8-13(11-20-14)5-2-6-15/h8,11-12,16H,3-4,6-7,9-10,15H2,1H3. The highest BCUT2D eigenvalue weighted by Crippen LogP contribution is 2.19. The molecule has 1 aromatic heterocycles. The molecule has 0 amide bonds. The zero-order valence-corrected chi connectivity index (χ0v) is 13.8. The molecule has 116 valence electrons. The topological polar surface area (TPSA) is 75.4 Å². The van der Waals surface area contributed by atoms with Gasteiger partial charge in [-0.2, -0.15) is 17.4 Å². The third-order valence-corrected chi connectivity index (χ3v) is 5.83. The summed E-state index contributed by atoms with van der Waals surface area (Å²) >= 11 is 1.50. The molecular weight excluding hydrogens is 306 g/mol. The van der Waals surface area contributed by atoms with E-state index in [0.29, 0.717) is 32.1 Å². The fourth-order valence-corrected chi connectivity index (χ4v) is 4.50. The maximum atomic E-state index is 12.3. The average molecular weight is 327 g/mol. The summed E-state index contributed by atoms with van der Waals surface area (Å²) in [7, 11) is -3.39. The molecule has 0 aliphatic carbocycles. The molecule has 0 saturated carbocycles. The van der Waals surface area contributed by atoms with Crippen LogP contribution in [0.5, 0.6) is 0 Å². The molecule has 3 N–H and O–H groups in total. The molecule has 7 heteroatoms. The number of thiophene rings is 1. The highest BCUT2D eigenvalue weighted by molar-refractivity contribution is 7.87. The van der Waals surface area contributed by atoms with Crippen molar-refractivity contribution in [3.63, 3.8) is 0 Å². The third kappa shape index (κ3) is 4.80. The molecule has 0 aromatic carbocycles. The number of nitrogens with zero attached hydrogens (tertiary/aromatic N) is 1. The second kappa shape index (κ2) is 7.38. The van der Waals surface area contributed by atoms with Crippen LogP contribution in [0.3, 0.4) is 0 Å². The smallest absolute Gasteiger partial charge is 0.279 e. The molecule has 1 saturated heterocycles. The Kier molecular flexibility index (Phi) is 5.79. The first-order chi connectivity index (χ1) is 10.0. The molecule has 1 unspecified atom stereocenters. The molecule has 0 radical (unpaired) electrons. The van der Waals surface area contributed by atoms with Gasteiger partial charge in [0.2, 0.25) is 0 Å². The summed E-state index contributed by atoms with van der Waals surface area (Å²) in [5.41, 5.74) is 6.21. The Hall–Kier alpha value is -0.910. The Labute approximate surface area is 130 Å². The van der Waals surface area contributed by atoms with Gasteiger partial charge in [-0.3, -0.25) is 0 Å². The van der Waals surface area contributed by atoms with Crippen molar-refractivity contribution >= 4 is 21.5 Å². The van der Waals surface area contributed by atoms with E-state index in [1.165, 1.54) is 11.3 Å². The third-order valence-electron chi connectivity index (χ3n) is 3.38. The van der Waals surface area contributed by atoms with Crippen LogP contribution in [0.1, 0.15) is 30.2 Å². The molecular formula is C14H21N3O2S2. The number of hydrogen-bond donors (Lipinski definition) is 2. The number of nitrogens with two attached hydrogens (primary N) is 1. The van der Waals surface area contributed by atoms with Crippen molar-refractivity contribution in [3.8, 4) is 11.8 Å². The summed E-state index contributed by atoms with van der Waals surface area (Å²) in [6.07, 6.45) is 2.03. The van der Waals surface area contributed by atoms with E-state index in [0.717, 1.165) is 23.3 Å². The molecule has 1 atom stereocenters. The summed E-state index contributed by atoms with van der Waals surface area (Å²) in [6, 6.07) is 1.90. The predicted molar refractivity (Wildman–Crippen MR) is 86.0 cm³/mol. The van der Waals surface area contributed by atoms with E-state index in [1.807, 2.05) is 11.4 Å². The van der Waals surface area contributed by atoms with E-state index in [9.17, 15) is 8.42 Å². The van der Waals surface area contributed by atoms with Gasteiger partial charge in [-0.25, -0.2) is 0 Å². The maximum Gasteiger partial charge on any atom is 0.279 e. The minimum Gasteiger partial charge on any atom is -0.320 e. The molecule has 1 aromatic rings. The van der Waals surface area contributed by atoms with E-state index in [-0.39, 0.29) is 0 Å². The fraction of sp³-hybridized carbons (Fsp3) is 0.571. The van der Waals surface area contributed by atoms with Crippen LogP contribution in [0.15, 0.2) is 11.4 Å². The van der Waals surface area contributed by atoms with Crippen molar-refractivity contribution in [1.29, 1.82) is 0 Å². The van der Waals surface area contributed by atoms with Crippen LogP contribution < -0.4 is 10.5 Å². The van der Waals surface area contributed by atoms with Crippen LogP contribution in [-0.2, 0) is 16.8 Å². The zero-order chi connectivity index (χ0) is 15.3. The second-order valence-electron chi connectivity index (χ2n) is 5.24. The summed E-state index contributed by atoms with van der Waals surface area (Å²) in [6.45, 7) is 3.93. The Morgan fingerprint density at radius 1 is 1.57 bits per heavy atom. The van der Waals surface area contributed by atoms with Crippen LogP contribution >= 0.6 is 11.3 Å². The first kappa shape index (κ1) is 16.5. The van der Waals surface area contributed by atoms with Gasteiger partial charge in [0.1, 0.15) is 0 Å². The lowest BCUT2D eigenvalue weighted by atomic mass is 10.0. The van der Waals surface area contributed by atoms with Crippen LogP contribution in [0.2, 0.25) is 0 Å². The molecule has 21 heavy (non-hydrogen) atoms. The summed E-state index contributed by atoms with van der Waals surface area (Å²) in [5, 5.41) is 1.91. The van der Waals surface area contributed by atoms with E-state index in [2.05, 4.69) is 23.5 Å². The van der Waals surface area contributed by atoms with Gasteiger partial charge in [-0.1, -0.05) is 18.8 Å². The van der Waals surface area contributed by atoms with Gasteiger partial charge in [0.05, 0.1) is 6.54 Å². The van der Waals surface area contributed by atoms with Crippen molar-refractivity contribution in [2.75, 3.05) is 19.6 Å². The lowest BCUT2D eigenvalue weighted by Crippen LogP contribution is -2.45. The van der Waals surface area contributed by atoms with Crippen LogP contribution in [0, 0.1) is 17.8 Å². The Balaban J connectivity index is 1.93. The van der Waals surface area contributed by atoms with Gasteiger partial charge in [-0.05, 0) is 24.8 Å². The number of rotatable bonds is 4. The number of hydrogen-bond acceptors (Lipinski definition) is 4. The van der Waals surface area contributed by atoms with Gasteiger partial charge in [0.25, 0.3) is 10.2 Å². The molecule has 0 bridgehead atoms. The largest absolute Gasteiger partial charge is 0.320 e. The van der Waals surface area contributed by atoms with Crippen LogP contribution in [0.4, 0.5) is 0 Å². The Morgan fingerprint density at radius 2 is 2.38 bits per heavy atom. The SMILES string of the molecule is CC1CCCN(S(=O)(=O)NCc2cc(C#CCN)cs2)C1. The predicted octanol–water partition coefficient (Wildman–Crippen LogP) is 1.12. The van der Waals surface area contributed by atoms with Gasteiger partial charge in [0, 0.05) is 35.5 Å². The van der Waals surface area contributed by atoms with E-state index >= 15 is 0 Å². The highest BCUT2D eigenvalue weighted by atomic mass is 32.2. The van der Waals surface area contributed by atoms with Crippen molar-refractivity contribution in [2.24, 2.45) is 11.7 Å². The monoisotopic (exact) mass is 327 g/mol. The van der Waals surface area contributed by atoms with E-state index in [4.69, 9.17) is 5.73 Å². The van der Waals surface area contributed by atoms with Crippen LogP contribution in [-0.4, -0.2) is 32.4 Å². The molecule has 5 nitrogen and oxygen atoms in total. The molecule has 1 aliphatic rings. The molecule has 1 fully saturated rings. The quantitative estimate of drug-likeness (QED) is 0.814. The Morgan fingerprint density at radius 3 is 3.10 bits per heavy atom. The summed E-state index contributed by atoms with van der Waals surface area (Å²) in [4.78, 5) is 0.949. The molecule has 1 aliphatic heterocycles. The molecule has 2 heterocycles. The first-order valence-corrected chi connectivity index (χ1v) is 9.34. The summed E-state index contributed by atoms with van der Waals surface area (Å²) in [5.74, 6) is 6.15. The maximum absolute atomic E-state index is 12.3. The van der Waals surface area contributed by atoms with Crippen molar-refractivity contribution < 1.29 is 8.42 Å². The van der Waals surface area contributed by atoms with Crippen molar-refractivity contribution in [3.05, 3.63) is 21.9 Å². The highest BCUT2D eigenvalue weighted by Gasteiger charge is 2.26. The lowest BCUT2D eigenvalue weighted by Gasteiger charge is -2.29. The van der Waals surface area contributed by atoms with E-state index in [1.54, 1.807) is 4.31 Å². The molecule has 0 spiro atoms. The van der Waals surface area contributed by atoms with Crippen LogP contribution in [0.25, 0.3) is 0 Å². The zero-order valence-electron chi connectivity index (χ0n) is 12.1. The van der Waals surface area contributed by atoms with E-state index < -0.39 is 10.2 Å². The lowest BCUT2D eigenvalue weighted by molar-refractivity contribution is 0.278. The Bertz CT molecular complexity index is 628. The first-order valence-electron chi connectivity index (χ1n) is 7.02. The number of nitrogens with one attached hydrogen (secondary N) is 1. The van der Waals surface area contributed by atoms with Gasteiger partial charge < -0.3 is 5.73 Å². The summed E-state index contributed by atoms with van der Waals surface area (Å²) < 4.78 is 28.7. The van der Waals surface area contributed by atoms with Crippen molar-refractivity contribution in [2.45, 2.75) is 26.3 Å². The molecule has 2 rings (SSSR count). The van der Waals surface area contributed by atoms with Gasteiger partial charge >= 0.3 is 0 Å². The number of piperidine rings is 1. The van der Waals surface area contributed by atoms with Crippen molar-refractivity contribution in [1.82, 2.24) is 9.03 Å². The van der Waals surface area contributed by atoms with Gasteiger partial charge in [0.15, 0.2) is 0 Å². The second-order valence-corrected chi connectivity index (χ2v) is 7.99. The fourth-order valence-electron chi connectivity index (χ4n) is 2.31. The minimum absolute atomic E-state index is 0.308. The minimum atomic E-state index is -3.39. The normalized spacial score (nSPS) is 20.0. The van der Waals surface area contributed by atoms with Gasteiger partial charge in [-0.15, -0.1) is 11.3 Å².